The number of esters is 1. The number of carbonyl (C=O) groups excluding carboxylic acids is 1. The molecule has 0 unspecified atom stereocenters. The Morgan fingerprint density at radius 3 is 2.79 bits per heavy atom. The predicted octanol–water partition coefficient (Wildman–Crippen LogP) is 3.18. The van der Waals surface area contributed by atoms with Gasteiger partial charge in [-0.1, -0.05) is 23.5 Å². The molecule has 0 amide bonds. The molecule has 0 aliphatic carbocycles. The van der Waals surface area contributed by atoms with E-state index in [4.69, 9.17) is 4.74 Å². The molecule has 19 heavy (non-hydrogen) atoms. The molecule has 96 valence electrons. The molecule has 4 nitrogen and oxygen atoms in total. The highest BCUT2D eigenvalue weighted by molar-refractivity contribution is 7.20. The summed E-state index contributed by atoms with van der Waals surface area (Å²) in [5.74, 6) is -0.354. The van der Waals surface area contributed by atoms with E-state index in [1.807, 2.05) is 41.8 Å². The third-order valence-corrected chi connectivity index (χ3v) is 3.97. The van der Waals surface area contributed by atoms with Crippen LogP contribution < -0.4 is 0 Å². The van der Waals surface area contributed by atoms with E-state index >= 15 is 0 Å². The van der Waals surface area contributed by atoms with Crippen LogP contribution in [0.25, 0.3) is 15.3 Å². The molecule has 2 aromatic heterocycles. The Morgan fingerprint density at radius 1 is 1.26 bits per heavy atom. The second kappa shape index (κ2) is 4.51. The van der Waals surface area contributed by atoms with Crippen LogP contribution in [0.2, 0.25) is 0 Å². The Labute approximate surface area is 114 Å². The van der Waals surface area contributed by atoms with Gasteiger partial charge in [-0.05, 0) is 31.2 Å². The Bertz CT molecular complexity index is 725. The Balaban J connectivity index is 2.20. The summed E-state index contributed by atoms with van der Waals surface area (Å²) in [4.78, 5) is 16.3. The lowest BCUT2D eigenvalue weighted by Crippen LogP contribution is -2.09. The summed E-state index contributed by atoms with van der Waals surface area (Å²) >= 11 is 1.56. The van der Waals surface area contributed by atoms with Crippen molar-refractivity contribution in [3.63, 3.8) is 0 Å². The number of hydrogen-bond acceptors (Lipinski definition) is 4. The summed E-state index contributed by atoms with van der Waals surface area (Å²) in [5, 5.41) is 0.782. The quantitative estimate of drug-likeness (QED) is 0.673. The predicted molar refractivity (Wildman–Crippen MR) is 75.0 cm³/mol. The number of aryl methyl sites for hydroxylation is 1. The van der Waals surface area contributed by atoms with E-state index in [2.05, 4.69) is 4.98 Å². The summed E-state index contributed by atoms with van der Waals surface area (Å²) in [5.41, 5.74) is 2.39. The highest BCUT2D eigenvalue weighted by Crippen LogP contribution is 2.27. The fraction of sp³-hybridized carbons (Fsp3) is 0.143. The normalized spacial score (nSPS) is 10.8. The standard InChI is InChI=1S/C14H12N2O2S/c1-9-7-8-11(13(17)18-2)16(9)14-15-10-5-3-4-6-12(10)19-14/h3-8H,1-2H3. The van der Waals surface area contributed by atoms with E-state index in [1.165, 1.54) is 7.11 Å². The maximum atomic E-state index is 11.8. The van der Waals surface area contributed by atoms with Crippen molar-refractivity contribution in [2.45, 2.75) is 6.92 Å². The molecule has 0 radical (unpaired) electrons. The zero-order valence-corrected chi connectivity index (χ0v) is 11.4. The molecule has 0 spiro atoms. The third-order valence-electron chi connectivity index (χ3n) is 2.94. The summed E-state index contributed by atoms with van der Waals surface area (Å²) < 4.78 is 7.73. The van der Waals surface area contributed by atoms with Crippen molar-refractivity contribution in [2.24, 2.45) is 0 Å². The Hall–Kier alpha value is -2.14. The number of hydrogen-bond donors (Lipinski definition) is 0. The molecule has 0 saturated heterocycles. The SMILES string of the molecule is COC(=O)c1ccc(C)n1-c1nc2ccccc2s1. The van der Waals surface area contributed by atoms with Gasteiger partial charge in [0.2, 0.25) is 0 Å². The van der Waals surface area contributed by atoms with Gasteiger partial charge >= 0.3 is 5.97 Å². The van der Waals surface area contributed by atoms with Crippen LogP contribution >= 0.6 is 11.3 Å². The minimum absolute atomic E-state index is 0.354. The van der Waals surface area contributed by atoms with Crippen molar-refractivity contribution in [3.05, 3.63) is 47.8 Å². The first kappa shape index (κ1) is 11.9. The number of carbonyl (C=O) groups is 1. The second-order valence-corrected chi connectivity index (χ2v) is 5.16. The number of methoxy groups -OCH3 is 1. The lowest BCUT2D eigenvalue weighted by atomic mass is 10.3. The van der Waals surface area contributed by atoms with Crippen LogP contribution in [0, 0.1) is 6.92 Å². The molecule has 1 aromatic carbocycles. The molecule has 0 saturated carbocycles. The Morgan fingerprint density at radius 2 is 2.05 bits per heavy atom. The van der Waals surface area contributed by atoms with Gasteiger partial charge in [-0.3, -0.25) is 4.57 Å². The molecule has 5 heteroatoms. The highest BCUT2D eigenvalue weighted by Gasteiger charge is 2.17. The van der Waals surface area contributed by atoms with Crippen LogP contribution in [-0.4, -0.2) is 22.6 Å². The first-order valence-corrected chi connectivity index (χ1v) is 6.65. The van der Waals surface area contributed by atoms with Crippen LogP contribution in [0.1, 0.15) is 16.2 Å². The number of ether oxygens (including phenoxy) is 1. The van der Waals surface area contributed by atoms with E-state index in [9.17, 15) is 4.79 Å². The van der Waals surface area contributed by atoms with Crippen LogP contribution in [0.5, 0.6) is 0 Å². The van der Waals surface area contributed by atoms with E-state index in [0.29, 0.717) is 5.69 Å². The molecule has 0 atom stereocenters. The molecule has 3 aromatic rings. The lowest BCUT2D eigenvalue weighted by molar-refractivity contribution is 0.0591. The first-order valence-electron chi connectivity index (χ1n) is 5.83. The number of thiazole rings is 1. The van der Waals surface area contributed by atoms with E-state index in [0.717, 1.165) is 21.0 Å². The third kappa shape index (κ3) is 1.92. The zero-order chi connectivity index (χ0) is 13.4. The number of para-hydroxylation sites is 1. The number of fused-ring (bicyclic) bond motifs is 1. The fourth-order valence-electron chi connectivity index (χ4n) is 2.01. The summed E-state index contributed by atoms with van der Waals surface area (Å²) in [6.45, 7) is 1.94. The van der Waals surface area contributed by atoms with Gasteiger partial charge in [-0.15, -0.1) is 0 Å². The fourth-order valence-corrected chi connectivity index (χ4v) is 3.05. The topological polar surface area (TPSA) is 44.1 Å². The Kier molecular flexibility index (Phi) is 2.83. The first-order chi connectivity index (χ1) is 9.20. The molecule has 0 aliphatic heterocycles. The largest absolute Gasteiger partial charge is 0.464 e. The lowest BCUT2D eigenvalue weighted by Gasteiger charge is -2.05. The van der Waals surface area contributed by atoms with Gasteiger partial charge in [0.15, 0.2) is 5.13 Å². The maximum Gasteiger partial charge on any atom is 0.355 e. The molecular weight excluding hydrogens is 260 g/mol. The molecule has 3 rings (SSSR count). The average molecular weight is 272 g/mol. The molecule has 0 bridgehead atoms. The summed E-state index contributed by atoms with van der Waals surface area (Å²) in [6, 6.07) is 11.6. The minimum Gasteiger partial charge on any atom is -0.464 e. The number of aromatic nitrogens is 2. The van der Waals surface area contributed by atoms with Crippen LogP contribution in [-0.2, 0) is 4.74 Å². The van der Waals surface area contributed by atoms with Gasteiger partial charge in [0.05, 0.1) is 17.3 Å². The van der Waals surface area contributed by atoms with Gasteiger partial charge in [0.1, 0.15) is 5.69 Å². The molecule has 0 N–H and O–H groups in total. The van der Waals surface area contributed by atoms with Crippen molar-refractivity contribution < 1.29 is 9.53 Å². The van der Waals surface area contributed by atoms with Crippen molar-refractivity contribution in [3.8, 4) is 5.13 Å². The van der Waals surface area contributed by atoms with Gasteiger partial charge in [0.25, 0.3) is 0 Å². The van der Waals surface area contributed by atoms with Crippen molar-refractivity contribution in [1.29, 1.82) is 0 Å². The second-order valence-electron chi connectivity index (χ2n) is 4.15. The zero-order valence-electron chi connectivity index (χ0n) is 10.6. The van der Waals surface area contributed by atoms with Crippen LogP contribution in [0.15, 0.2) is 36.4 Å². The number of rotatable bonds is 2. The summed E-state index contributed by atoms with van der Waals surface area (Å²) in [6.07, 6.45) is 0. The molecule has 0 fully saturated rings. The average Bonchev–Trinajstić information content (AvgIpc) is 3.00. The van der Waals surface area contributed by atoms with Crippen molar-refractivity contribution in [2.75, 3.05) is 7.11 Å². The smallest absolute Gasteiger partial charge is 0.355 e. The molecular formula is C14H12N2O2S. The van der Waals surface area contributed by atoms with Gasteiger partial charge in [-0.2, -0.15) is 0 Å². The minimum atomic E-state index is -0.354. The van der Waals surface area contributed by atoms with E-state index < -0.39 is 0 Å². The summed E-state index contributed by atoms with van der Waals surface area (Å²) in [7, 11) is 1.38. The van der Waals surface area contributed by atoms with Gasteiger partial charge < -0.3 is 4.74 Å². The molecule has 0 aliphatic rings. The maximum absolute atomic E-state index is 11.8. The number of nitrogens with zero attached hydrogens (tertiary/aromatic N) is 2. The van der Waals surface area contributed by atoms with E-state index in [-0.39, 0.29) is 5.97 Å². The highest BCUT2D eigenvalue weighted by atomic mass is 32.1. The van der Waals surface area contributed by atoms with E-state index in [1.54, 1.807) is 17.4 Å². The van der Waals surface area contributed by atoms with Crippen LogP contribution in [0.3, 0.4) is 0 Å². The van der Waals surface area contributed by atoms with Gasteiger partial charge in [-0.25, -0.2) is 9.78 Å². The van der Waals surface area contributed by atoms with Crippen LogP contribution in [0.4, 0.5) is 0 Å². The molecule has 2 heterocycles. The van der Waals surface area contributed by atoms with Crippen molar-refractivity contribution in [1.82, 2.24) is 9.55 Å². The number of benzene rings is 1. The van der Waals surface area contributed by atoms with Crippen molar-refractivity contribution >= 4 is 27.5 Å². The van der Waals surface area contributed by atoms with Gasteiger partial charge in [0, 0.05) is 5.69 Å². The monoisotopic (exact) mass is 272 g/mol.